The summed E-state index contributed by atoms with van der Waals surface area (Å²) in [7, 11) is 0. The lowest BCUT2D eigenvalue weighted by atomic mass is 10.0. The third-order valence-corrected chi connectivity index (χ3v) is 6.62. The minimum atomic E-state index is -0.472. The molecule has 0 radical (unpaired) electrons. The van der Waals surface area contributed by atoms with E-state index in [9.17, 15) is 14.0 Å². The summed E-state index contributed by atoms with van der Waals surface area (Å²) in [5, 5.41) is 5.77. The van der Waals surface area contributed by atoms with E-state index < -0.39 is 11.7 Å². The Morgan fingerprint density at radius 3 is 2.41 bits per heavy atom. The number of benzene rings is 3. The topological polar surface area (TPSA) is 83.6 Å². The first kappa shape index (κ1) is 26.1. The van der Waals surface area contributed by atoms with Gasteiger partial charge in [-0.1, -0.05) is 42.5 Å². The summed E-state index contributed by atoms with van der Waals surface area (Å²) < 4.78 is 19.7. The maximum absolute atomic E-state index is 14.4. The summed E-state index contributed by atoms with van der Waals surface area (Å²) in [4.78, 5) is 32.1. The van der Waals surface area contributed by atoms with Gasteiger partial charge in [0, 0.05) is 47.7 Å². The highest BCUT2D eigenvalue weighted by Gasteiger charge is 2.16. The first-order valence-electron chi connectivity index (χ1n) is 12.8. The zero-order chi connectivity index (χ0) is 27.2. The summed E-state index contributed by atoms with van der Waals surface area (Å²) in [5.74, 6) is -1.06. The molecule has 5 rings (SSSR count). The zero-order valence-corrected chi connectivity index (χ0v) is 21.6. The van der Waals surface area contributed by atoms with Crippen LogP contribution in [0.1, 0.15) is 32.0 Å². The summed E-state index contributed by atoms with van der Waals surface area (Å²) >= 11 is 0. The van der Waals surface area contributed by atoms with Crippen LogP contribution in [0.2, 0.25) is 0 Å². The van der Waals surface area contributed by atoms with Gasteiger partial charge in [-0.2, -0.15) is 0 Å². The van der Waals surface area contributed by atoms with Crippen LogP contribution in [-0.4, -0.2) is 43.1 Å². The Labute approximate surface area is 226 Å². The van der Waals surface area contributed by atoms with Crippen LogP contribution in [0.4, 0.5) is 15.8 Å². The van der Waals surface area contributed by atoms with Gasteiger partial charge < -0.3 is 20.3 Å². The fourth-order valence-electron chi connectivity index (χ4n) is 4.49. The molecule has 0 unspecified atom stereocenters. The van der Waals surface area contributed by atoms with Crippen molar-refractivity contribution in [2.75, 3.05) is 36.5 Å². The zero-order valence-electron chi connectivity index (χ0n) is 21.6. The predicted octanol–water partition coefficient (Wildman–Crippen LogP) is 5.22. The van der Waals surface area contributed by atoms with Crippen molar-refractivity contribution in [2.45, 2.75) is 13.5 Å². The van der Waals surface area contributed by atoms with Crippen LogP contribution in [0, 0.1) is 12.7 Å². The highest BCUT2D eigenvalue weighted by molar-refractivity contribution is 6.05. The molecule has 2 N–H and O–H groups in total. The maximum atomic E-state index is 14.4. The van der Waals surface area contributed by atoms with Crippen molar-refractivity contribution < 1.29 is 18.7 Å². The number of aromatic nitrogens is 1. The van der Waals surface area contributed by atoms with E-state index in [1.165, 1.54) is 12.1 Å². The van der Waals surface area contributed by atoms with Crippen LogP contribution in [0.5, 0.6) is 0 Å². The molecule has 8 heteroatoms. The number of morpholine rings is 1. The Kier molecular flexibility index (Phi) is 7.94. The second-order valence-electron chi connectivity index (χ2n) is 9.35. The summed E-state index contributed by atoms with van der Waals surface area (Å²) in [5.41, 5.74) is 5.39. The Bertz CT molecular complexity index is 1470. The number of hydrogen-bond donors (Lipinski definition) is 2. The van der Waals surface area contributed by atoms with Crippen molar-refractivity contribution in [3.8, 4) is 11.1 Å². The number of carbonyl (C=O) groups is 2. The quantitative estimate of drug-likeness (QED) is 0.347. The van der Waals surface area contributed by atoms with Crippen LogP contribution in [-0.2, 0) is 11.3 Å². The minimum absolute atomic E-state index is 0.159. The van der Waals surface area contributed by atoms with E-state index in [4.69, 9.17) is 4.74 Å². The average molecular weight is 525 g/mol. The number of anilines is 2. The standard InChI is InChI=1S/C31H29FN4O3/c1-21-29(23-7-9-24(10-8-23)30(37)34-19-22-5-3-2-4-6-22)18-27(20-33-21)35-31(38)25-15-26(32)17-28(16-25)36-11-13-39-14-12-36/h2-10,15-18,20H,11-14,19H2,1H3,(H,34,37)(H,35,38). The van der Waals surface area contributed by atoms with Gasteiger partial charge in [-0.15, -0.1) is 0 Å². The normalized spacial score (nSPS) is 13.1. The smallest absolute Gasteiger partial charge is 0.255 e. The molecule has 1 aromatic heterocycles. The van der Waals surface area contributed by atoms with Gasteiger partial charge in [0.2, 0.25) is 0 Å². The van der Waals surface area contributed by atoms with Gasteiger partial charge in [-0.25, -0.2) is 4.39 Å². The Balaban J connectivity index is 1.28. The molecule has 7 nitrogen and oxygen atoms in total. The van der Waals surface area contributed by atoms with Crippen LogP contribution in [0.15, 0.2) is 85.1 Å². The number of nitrogens with one attached hydrogen (secondary N) is 2. The van der Waals surface area contributed by atoms with E-state index in [0.717, 1.165) is 22.4 Å². The summed E-state index contributed by atoms with van der Waals surface area (Å²) in [6.45, 7) is 4.74. The van der Waals surface area contributed by atoms with Gasteiger partial charge in [-0.05, 0) is 54.4 Å². The number of aryl methyl sites for hydroxylation is 1. The van der Waals surface area contributed by atoms with E-state index >= 15 is 0 Å². The largest absolute Gasteiger partial charge is 0.378 e. The van der Waals surface area contributed by atoms with Crippen molar-refractivity contribution in [2.24, 2.45) is 0 Å². The van der Waals surface area contributed by atoms with Crippen molar-refractivity contribution in [1.82, 2.24) is 10.3 Å². The van der Waals surface area contributed by atoms with Gasteiger partial charge in [0.25, 0.3) is 11.8 Å². The van der Waals surface area contributed by atoms with Gasteiger partial charge >= 0.3 is 0 Å². The predicted molar refractivity (Wildman–Crippen MR) is 149 cm³/mol. The highest BCUT2D eigenvalue weighted by Crippen LogP contribution is 2.26. The fourth-order valence-corrected chi connectivity index (χ4v) is 4.49. The molecule has 4 aromatic rings. The Morgan fingerprint density at radius 1 is 0.923 bits per heavy atom. The number of rotatable bonds is 7. The first-order chi connectivity index (χ1) is 19.0. The molecule has 0 atom stereocenters. The number of carbonyl (C=O) groups excluding carboxylic acids is 2. The van der Waals surface area contributed by atoms with Crippen LogP contribution < -0.4 is 15.5 Å². The van der Waals surface area contributed by atoms with Crippen molar-refractivity contribution >= 4 is 23.2 Å². The average Bonchev–Trinajstić information content (AvgIpc) is 2.97. The number of amides is 2. The number of halogens is 1. The number of ether oxygens (including phenoxy) is 1. The summed E-state index contributed by atoms with van der Waals surface area (Å²) in [6, 6.07) is 23.1. The van der Waals surface area contributed by atoms with Crippen molar-refractivity contribution in [1.29, 1.82) is 0 Å². The number of pyridine rings is 1. The molecule has 1 aliphatic heterocycles. The fraction of sp³-hybridized carbons (Fsp3) is 0.194. The molecular formula is C31H29FN4O3. The SMILES string of the molecule is Cc1ncc(NC(=O)c2cc(F)cc(N3CCOCC3)c2)cc1-c1ccc(C(=O)NCc2ccccc2)cc1. The van der Waals surface area contributed by atoms with E-state index in [1.807, 2.05) is 60.4 Å². The lowest BCUT2D eigenvalue weighted by Gasteiger charge is -2.29. The summed E-state index contributed by atoms with van der Waals surface area (Å²) in [6.07, 6.45) is 1.57. The molecule has 0 aliphatic carbocycles. The maximum Gasteiger partial charge on any atom is 0.255 e. The van der Waals surface area contributed by atoms with Crippen LogP contribution in [0.3, 0.4) is 0 Å². The van der Waals surface area contributed by atoms with E-state index in [2.05, 4.69) is 15.6 Å². The van der Waals surface area contributed by atoms with Crippen molar-refractivity contribution in [3.63, 3.8) is 0 Å². The first-order valence-corrected chi connectivity index (χ1v) is 12.8. The van der Waals surface area contributed by atoms with Crippen LogP contribution in [0.25, 0.3) is 11.1 Å². The molecule has 1 fully saturated rings. The third kappa shape index (κ3) is 6.48. The van der Waals surface area contributed by atoms with Crippen molar-refractivity contribution in [3.05, 3.63) is 113 Å². The molecule has 0 saturated carbocycles. The molecule has 39 heavy (non-hydrogen) atoms. The lowest BCUT2D eigenvalue weighted by Crippen LogP contribution is -2.36. The molecule has 1 aliphatic rings. The number of hydrogen-bond acceptors (Lipinski definition) is 5. The van der Waals surface area contributed by atoms with Gasteiger partial charge in [-0.3, -0.25) is 14.6 Å². The molecule has 0 spiro atoms. The molecular weight excluding hydrogens is 495 g/mol. The second-order valence-corrected chi connectivity index (χ2v) is 9.35. The van der Waals surface area contributed by atoms with Gasteiger partial charge in [0.15, 0.2) is 0 Å². The molecule has 3 aromatic carbocycles. The molecule has 2 amide bonds. The second kappa shape index (κ2) is 11.9. The molecule has 198 valence electrons. The molecule has 2 heterocycles. The number of nitrogens with zero attached hydrogens (tertiary/aromatic N) is 2. The van der Waals surface area contributed by atoms with E-state index in [-0.39, 0.29) is 11.5 Å². The Morgan fingerprint density at radius 2 is 1.67 bits per heavy atom. The molecule has 1 saturated heterocycles. The lowest BCUT2D eigenvalue weighted by molar-refractivity contribution is 0.0950. The van der Waals surface area contributed by atoms with Gasteiger partial charge in [0.05, 0.1) is 25.1 Å². The monoisotopic (exact) mass is 524 g/mol. The molecule has 0 bridgehead atoms. The van der Waals surface area contributed by atoms with Gasteiger partial charge in [0.1, 0.15) is 5.82 Å². The minimum Gasteiger partial charge on any atom is -0.378 e. The van der Waals surface area contributed by atoms with E-state index in [1.54, 1.807) is 24.4 Å². The Hall–Kier alpha value is -4.56. The van der Waals surface area contributed by atoms with Crippen LogP contribution >= 0.6 is 0 Å². The third-order valence-electron chi connectivity index (χ3n) is 6.62. The highest BCUT2D eigenvalue weighted by atomic mass is 19.1. The van der Waals surface area contributed by atoms with E-state index in [0.29, 0.717) is 49.8 Å².